The predicted octanol–water partition coefficient (Wildman–Crippen LogP) is 3.88. The maximum absolute atomic E-state index is 14.7. The van der Waals surface area contributed by atoms with E-state index in [1.807, 2.05) is 0 Å². The lowest BCUT2D eigenvalue weighted by atomic mass is 10.00. The first-order valence-electron chi connectivity index (χ1n) is 9.53. The number of amides is 2. The molecule has 2 aliphatic heterocycles. The Balaban J connectivity index is 1.57. The van der Waals surface area contributed by atoms with Gasteiger partial charge in [-0.2, -0.15) is 27.1 Å². The number of hydrogen-bond donors (Lipinski definition) is 2. The van der Waals surface area contributed by atoms with Gasteiger partial charge < -0.3 is 15.3 Å². The van der Waals surface area contributed by atoms with E-state index >= 15 is 0 Å². The van der Waals surface area contributed by atoms with Crippen molar-refractivity contribution in [2.75, 3.05) is 11.9 Å². The zero-order chi connectivity index (χ0) is 22.6. The molecule has 31 heavy (non-hydrogen) atoms. The molecule has 168 valence electrons. The van der Waals surface area contributed by atoms with Gasteiger partial charge in [0, 0.05) is 30.6 Å². The zero-order valence-electron chi connectivity index (χ0n) is 16.0. The molecule has 6 nitrogen and oxygen atoms in total. The third-order valence-corrected chi connectivity index (χ3v) is 5.43. The number of carbonyl (C=O) groups excluding carboxylic acids is 1. The first kappa shape index (κ1) is 21.5. The van der Waals surface area contributed by atoms with Crippen molar-refractivity contribution in [3.8, 4) is 0 Å². The molecule has 4 rings (SSSR count). The third kappa shape index (κ3) is 4.08. The molecular formula is C19H18F6N4O2. The molecule has 0 unspecified atom stereocenters. The first-order valence-corrected chi connectivity index (χ1v) is 9.53. The van der Waals surface area contributed by atoms with E-state index in [4.69, 9.17) is 0 Å². The molecule has 0 saturated carbocycles. The average molecular weight is 448 g/mol. The van der Waals surface area contributed by atoms with E-state index in [0.29, 0.717) is 17.8 Å². The molecule has 2 N–H and O–H groups in total. The van der Waals surface area contributed by atoms with Gasteiger partial charge in [0.1, 0.15) is 11.5 Å². The van der Waals surface area contributed by atoms with Crippen molar-refractivity contribution < 1.29 is 36.2 Å². The number of anilines is 1. The Labute approximate surface area is 172 Å². The smallest absolute Gasteiger partial charge is 0.391 e. The van der Waals surface area contributed by atoms with Gasteiger partial charge >= 0.3 is 12.2 Å². The normalized spacial score (nSPS) is 20.6. The van der Waals surface area contributed by atoms with E-state index in [9.17, 15) is 36.2 Å². The summed E-state index contributed by atoms with van der Waals surface area (Å²) in [5.74, 6) is -4.71. The van der Waals surface area contributed by atoms with Crippen LogP contribution in [0, 0.1) is 5.82 Å². The number of urea groups is 1. The summed E-state index contributed by atoms with van der Waals surface area (Å²) in [5, 5.41) is 16.3. The van der Waals surface area contributed by atoms with Gasteiger partial charge in [-0.05, 0) is 24.6 Å². The van der Waals surface area contributed by atoms with Crippen molar-refractivity contribution in [3.63, 3.8) is 0 Å². The summed E-state index contributed by atoms with van der Waals surface area (Å²) >= 11 is 0. The molecule has 1 atom stereocenters. The van der Waals surface area contributed by atoms with Gasteiger partial charge in [-0.15, -0.1) is 0 Å². The number of halogens is 6. The van der Waals surface area contributed by atoms with Crippen molar-refractivity contribution in [3.05, 3.63) is 46.5 Å². The molecule has 1 aromatic heterocycles. The highest BCUT2D eigenvalue weighted by Crippen LogP contribution is 2.40. The number of hydrogen-bond acceptors (Lipinski definition) is 3. The number of aromatic nitrogens is 2. The summed E-state index contributed by atoms with van der Waals surface area (Å²) in [6.07, 6.45) is -6.38. The lowest BCUT2D eigenvalue weighted by Gasteiger charge is -2.28. The first-order chi connectivity index (χ1) is 14.5. The number of fused-ring (bicyclic) bond motifs is 3. The molecule has 2 amide bonds. The van der Waals surface area contributed by atoms with Crippen molar-refractivity contribution in [2.24, 2.45) is 0 Å². The molecule has 0 spiro atoms. The largest absolute Gasteiger partial charge is 0.419 e. The molecule has 12 heteroatoms. The highest BCUT2D eigenvalue weighted by atomic mass is 19.4. The van der Waals surface area contributed by atoms with Gasteiger partial charge in [-0.3, -0.25) is 4.68 Å². The lowest BCUT2D eigenvalue weighted by Crippen LogP contribution is -2.39. The molecule has 3 heterocycles. The summed E-state index contributed by atoms with van der Waals surface area (Å²) in [4.78, 5) is 13.8. The zero-order valence-corrected chi connectivity index (χ0v) is 16.0. The van der Waals surface area contributed by atoms with Crippen LogP contribution in [0.1, 0.15) is 35.4 Å². The van der Waals surface area contributed by atoms with Gasteiger partial charge in [-0.25, -0.2) is 9.18 Å². The van der Waals surface area contributed by atoms with Crippen LogP contribution >= 0.6 is 0 Å². The molecular weight excluding hydrogens is 430 g/mol. The van der Waals surface area contributed by atoms with Crippen LogP contribution in [-0.4, -0.2) is 38.5 Å². The van der Waals surface area contributed by atoms with Crippen LogP contribution < -0.4 is 5.32 Å². The predicted molar refractivity (Wildman–Crippen MR) is 95.9 cm³/mol. The van der Waals surface area contributed by atoms with Crippen LogP contribution in [0.15, 0.2) is 18.2 Å². The van der Waals surface area contributed by atoms with Crippen LogP contribution in [0.4, 0.5) is 36.8 Å². The molecule has 0 aliphatic carbocycles. The van der Waals surface area contributed by atoms with Crippen LogP contribution in [0.25, 0.3) is 0 Å². The maximum atomic E-state index is 14.7. The third-order valence-electron chi connectivity index (χ3n) is 5.43. The quantitative estimate of drug-likeness (QED) is 0.651. The monoisotopic (exact) mass is 448 g/mol. The number of carbonyl (C=O) groups is 1. The van der Waals surface area contributed by atoms with E-state index in [-0.39, 0.29) is 49.4 Å². The second-order valence-electron chi connectivity index (χ2n) is 7.65. The van der Waals surface area contributed by atoms with Gasteiger partial charge in [-0.1, -0.05) is 0 Å². The Bertz CT molecular complexity index is 1020. The fourth-order valence-electron chi connectivity index (χ4n) is 3.92. The standard InChI is InChI=1S/C19H18F6N4O2/c20-14-2-1-10(7-13(14)19(23,24)25)26-17(31)28-6-4-15-12(9-28)16-18(21,22)5-3-11(30)8-29(16)27-15/h1-2,7,11,30H,3-6,8-9H2,(H,26,31)/t11-/m1/s1. The second-order valence-corrected chi connectivity index (χ2v) is 7.65. The molecule has 0 bridgehead atoms. The van der Waals surface area contributed by atoms with Crippen LogP contribution in [0.3, 0.4) is 0 Å². The van der Waals surface area contributed by atoms with Gasteiger partial charge in [0.25, 0.3) is 5.92 Å². The van der Waals surface area contributed by atoms with Gasteiger partial charge in [0.05, 0.1) is 30.5 Å². The summed E-state index contributed by atoms with van der Waals surface area (Å²) in [5.41, 5.74) is -1.57. The summed E-state index contributed by atoms with van der Waals surface area (Å²) < 4.78 is 82.5. The summed E-state index contributed by atoms with van der Waals surface area (Å²) in [6, 6.07) is 1.25. The topological polar surface area (TPSA) is 70.4 Å². The summed E-state index contributed by atoms with van der Waals surface area (Å²) in [7, 11) is 0. The van der Waals surface area contributed by atoms with E-state index in [1.165, 1.54) is 4.90 Å². The highest BCUT2D eigenvalue weighted by Gasteiger charge is 2.43. The number of nitrogens with zero attached hydrogens (tertiary/aromatic N) is 3. The number of aliphatic hydroxyl groups excluding tert-OH is 1. The number of nitrogens with one attached hydrogen (secondary N) is 1. The number of alkyl halides is 5. The Kier molecular flexibility index (Phi) is 5.15. The van der Waals surface area contributed by atoms with E-state index in [0.717, 1.165) is 10.7 Å². The number of rotatable bonds is 1. The Hall–Kier alpha value is -2.76. The highest BCUT2D eigenvalue weighted by molar-refractivity contribution is 5.89. The van der Waals surface area contributed by atoms with Crippen molar-refractivity contribution in [1.82, 2.24) is 14.7 Å². The number of aliphatic hydroxyl groups is 1. The molecule has 1 aromatic carbocycles. The molecule has 0 radical (unpaired) electrons. The minimum atomic E-state index is -4.93. The minimum Gasteiger partial charge on any atom is -0.391 e. The van der Waals surface area contributed by atoms with Crippen molar-refractivity contribution in [2.45, 2.75) is 50.6 Å². The van der Waals surface area contributed by atoms with Crippen LogP contribution in [0.2, 0.25) is 0 Å². The fraction of sp³-hybridized carbons (Fsp3) is 0.474. The minimum absolute atomic E-state index is 0.0834. The number of benzene rings is 1. The van der Waals surface area contributed by atoms with E-state index in [2.05, 4.69) is 10.4 Å². The van der Waals surface area contributed by atoms with Crippen molar-refractivity contribution >= 4 is 11.7 Å². The Morgan fingerprint density at radius 1 is 1.29 bits per heavy atom. The lowest BCUT2D eigenvalue weighted by molar-refractivity contribution is -0.139. The van der Waals surface area contributed by atoms with Gasteiger partial charge in [0.2, 0.25) is 0 Å². The van der Waals surface area contributed by atoms with E-state index < -0.39 is 42.0 Å². The Morgan fingerprint density at radius 2 is 2.03 bits per heavy atom. The van der Waals surface area contributed by atoms with Crippen LogP contribution in [0.5, 0.6) is 0 Å². The van der Waals surface area contributed by atoms with Gasteiger partial charge in [0.15, 0.2) is 0 Å². The maximum Gasteiger partial charge on any atom is 0.419 e. The molecule has 2 aliphatic rings. The van der Waals surface area contributed by atoms with Crippen molar-refractivity contribution in [1.29, 1.82) is 0 Å². The van der Waals surface area contributed by atoms with Crippen LogP contribution in [-0.2, 0) is 31.6 Å². The summed E-state index contributed by atoms with van der Waals surface area (Å²) in [6.45, 7) is -0.188. The molecule has 2 aromatic rings. The molecule has 0 saturated heterocycles. The average Bonchev–Trinajstić information content (AvgIpc) is 2.99. The van der Waals surface area contributed by atoms with E-state index in [1.54, 1.807) is 0 Å². The Morgan fingerprint density at radius 3 is 2.74 bits per heavy atom. The SMILES string of the molecule is O=C(Nc1ccc(F)c(C(F)(F)F)c1)N1CCc2nn3c(c2C1)C(F)(F)CC[C@@H](O)C3. The second kappa shape index (κ2) is 7.43. The molecule has 0 fully saturated rings. The fourth-order valence-corrected chi connectivity index (χ4v) is 3.92.